The second-order valence-corrected chi connectivity index (χ2v) is 2.58. The number of aliphatic carboxylic acids is 1. The SMILES string of the molecule is O=C(O)C1=CNOc2ccccc21. The second kappa shape index (κ2) is 2.82. The summed E-state index contributed by atoms with van der Waals surface area (Å²) < 4.78 is 0. The van der Waals surface area contributed by atoms with E-state index in [-0.39, 0.29) is 5.57 Å². The maximum Gasteiger partial charge on any atom is 0.338 e. The number of carboxylic acids is 1. The zero-order valence-corrected chi connectivity index (χ0v) is 6.65. The molecular weight excluding hydrogens is 170 g/mol. The summed E-state index contributed by atoms with van der Waals surface area (Å²) in [6.45, 7) is 0. The van der Waals surface area contributed by atoms with Crippen molar-refractivity contribution in [3.63, 3.8) is 0 Å². The smallest absolute Gasteiger partial charge is 0.338 e. The van der Waals surface area contributed by atoms with Gasteiger partial charge in [0.25, 0.3) is 0 Å². The van der Waals surface area contributed by atoms with Gasteiger partial charge in [-0.15, -0.1) is 0 Å². The van der Waals surface area contributed by atoms with E-state index in [1.54, 1.807) is 24.3 Å². The van der Waals surface area contributed by atoms with E-state index in [1.165, 1.54) is 6.20 Å². The molecule has 0 aliphatic carbocycles. The first-order valence-corrected chi connectivity index (χ1v) is 3.74. The first-order valence-electron chi connectivity index (χ1n) is 3.74. The minimum Gasteiger partial charge on any atom is -0.478 e. The van der Waals surface area contributed by atoms with Crippen LogP contribution in [-0.2, 0) is 4.79 Å². The number of rotatable bonds is 1. The van der Waals surface area contributed by atoms with Crippen molar-refractivity contribution in [1.29, 1.82) is 0 Å². The molecule has 0 unspecified atom stereocenters. The van der Waals surface area contributed by atoms with Crippen LogP contribution in [0.3, 0.4) is 0 Å². The molecular formula is C9H7NO3. The van der Waals surface area contributed by atoms with E-state index in [0.29, 0.717) is 11.3 Å². The Morgan fingerprint density at radius 3 is 2.92 bits per heavy atom. The number of carbonyl (C=O) groups is 1. The van der Waals surface area contributed by atoms with Gasteiger partial charge in [-0.25, -0.2) is 10.3 Å². The van der Waals surface area contributed by atoms with Gasteiger partial charge in [0, 0.05) is 5.56 Å². The average Bonchev–Trinajstić information content (AvgIpc) is 2.17. The predicted molar refractivity (Wildman–Crippen MR) is 45.8 cm³/mol. The molecule has 1 heterocycles. The third-order valence-electron chi connectivity index (χ3n) is 1.78. The molecule has 1 aromatic rings. The number of hydrogen-bond donors (Lipinski definition) is 2. The van der Waals surface area contributed by atoms with Crippen molar-refractivity contribution in [2.24, 2.45) is 0 Å². The van der Waals surface area contributed by atoms with E-state index in [9.17, 15) is 4.79 Å². The van der Waals surface area contributed by atoms with Gasteiger partial charge in [-0.1, -0.05) is 18.2 Å². The van der Waals surface area contributed by atoms with E-state index in [2.05, 4.69) is 5.48 Å². The van der Waals surface area contributed by atoms with Crippen LogP contribution in [0.5, 0.6) is 5.75 Å². The molecule has 13 heavy (non-hydrogen) atoms. The minimum absolute atomic E-state index is 0.210. The summed E-state index contributed by atoms with van der Waals surface area (Å²) in [4.78, 5) is 15.8. The quantitative estimate of drug-likeness (QED) is 0.672. The summed E-state index contributed by atoms with van der Waals surface area (Å²) in [5, 5.41) is 8.82. The van der Waals surface area contributed by atoms with Crippen LogP contribution in [0, 0.1) is 0 Å². The Morgan fingerprint density at radius 2 is 2.15 bits per heavy atom. The van der Waals surface area contributed by atoms with Gasteiger partial charge in [0.1, 0.15) is 0 Å². The lowest BCUT2D eigenvalue weighted by molar-refractivity contribution is -0.130. The molecule has 0 saturated heterocycles. The molecule has 0 bridgehead atoms. The van der Waals surface area contributed by atoms with Gasteiger partial charge in [-0.05, 0) is 6.07 Å². The first kappa shape index (κ1) is 7.67. The van der Waals surface area contributed by atoms with Gasteiger partial charge in [-0.2, -0.15) is 0 Å². The molecule has 66 valence electrons. The summed E-state index contributed by atoms with van der Waals surface area (Å²) in [5.41, 5.74) is 3.23. The predicted octanol–water partition coefficient (Wildman–Crippen LogP) is 1.01. The normalized spacial score (nSPS) is 13.4. The largest absolute Gasteiger partial charge is 0.478 e. The summed E-state index contributed by atoms with van der Waals surface area (Å²) >= 11 is 0. The van der Waals surface area contributed by atoms with Crippen LogP contribution in [-0.4, -0.2) is 11.1 Å². The zero-order chi connectivity index (χ0) is 9.26. The molecule has 2 rings (SSSR count). The Hall–Kier alpha value is -1.97. The number of hydrogen-bond acceptors (Lipinski definition) is 3. The van der Waals surface area contributed by atoms with Gasteiger partial charge < -0.3 is 9.94 Å². The number of nitrogens with one attached hydrogen (secondary N) is 1. The highest BCUT2D eigenvalue weighted by molar-refractivity contribution is 6.16. The van der Waals surface area contributed by atoms with Crippen molar-refractivity contribution in [3.05, 3.63) is 36.0 Å². The third kappa shape index (κ3) is 1.22. The number of hydroxylamine groups is 1. The fourth-order valence-electron chi connectivity index (χ4n) is 1.18. The molecule has 0 spiro atoms. The molecule has 0 atom stereocenters. The van der Waals surface area contributed by atoms with Gasteiger partial charge in [0.2, 0.25) is 0 Å². The summed E-state index contributed by atoms with van der Waals surface area (Å²) in [6, 6.07) is 6.96. The highest BCUT2D eigenvalue weighted by Gasteiger charge is 2.18. The van der Waals surface area contributed by atoms with E-state index in [0.717, 1.165) is 0 Å². The zero-order valence-electron chi connectivity index (χ0n) is 6.65. The lowest BCUT2D eigenvalue weighted by Gasteiger charge is -2.15. The van der Waals surface area contributed by atoms with Crippen molar-refractivity contribution in [1.82, 2.24) is 5.48 Å². The molecule has 4 nitrogen and oxygen atoms in total. The van der Waals surface area contributed by atoms with Crippen LogP contribution in [0.1, 0.15) is 5.56 Å². The summed E-state index contributed by atoms with van der Waals surface area (Å²) in [5.74, 6) is -0.439. The molecule has 0 saturated carbocycles. The summed E-state index contributed by atoms with van der Waals surface area (Å²) in [6.07, 6.45) is 1.32. The van der Waals surface area contributed by atoms with Crippen LogP contribution in [0.2, 0.25) is 0 Å². The van der Waals surface area contributed by atoms with E-state index in [4.69, 9.17) is 9.94 Å². The van der Waals surface area contributed by atoms with Crippen LogP contribution < -0.4 is 10.3 Å². The first-order chi connectivity index (χ1) is 6.29. The maximum atomic E-state index is 10.8. The Balaban J connectivity index is 2.53. The number of benzene rings is 1. The average molecular weight is 177 g/mol. The van der Waals surface area contributed by atoms with Crippen LogP contribution >= 0.6 is 0 Å². The molecule has 0 aromatic heterocycles. The van der Waals surface area contributed by atoms with Crippen LogP contribution in [0.25, 0.3) is 5.57 Å². The Labute approximate surface area is 74.4 Å². The van der Waals surface area contributed by atoms with Crippen molar-refractivity contribution in [2.75, 3.05) is 0 Å². The third-order valence-corrected chi connectivity index (χ3v) is 1.78. The molecule has 1 aliphatic rings. The van der Waals surface area contributed by atoms with E-state index >= 15 is 0 Å². The van der Waals surface area contributed by atoms with Crippen molar-refractivity contribution in [2.45, 2.75) is 0 Å². The lowest BCUT2D eigenvalue weighted by Crippen LogP contribution is -2.19. The number of para-hydroxylation sites is 1. The minimum atomic E-state index is -0.969. The van der Waals surface area contributed by atoms with Gasteiger partial charge in [0.05, 0.1) is 11.8 Å². The van der Waals surface area contributed by atoms with Gasteiger partial charge in [-0.3, -0.25) is 0 Å². The van der Waals surface area contributed by atoms with Crippen LogP contribution in [0.4, 0.5) is 0 Å². The molecule has 0 amide bonds. The molecule has 4 heteroatoms. The van der Waals surface area contributed by atoms with Crippen molar-refractivity contribution < 1.29 is 14.7 Å². The molecule has 1 aliphatic heterocycles. The van der Waals surface area contributed by atoms with Crippen molar-refractivity contribution >= 4 is 11.5 Å². The maximum absolute atomic E-state index is 10.8. The van der Waals surface area contributed by atoms with Gasteiger partial charge in [0.15, 0.2) is 5.75 Å². The Morgan fingerprint density at radius 1 is 1.38 bits per heavy atom. The number of carboxylic acid groups (broad SMARTS) is 1. The van der Waals surface area contributed by atoms with Gasteiger partial charge >= 0.3 is 5.97 Å². The Bertz CT molecular complexity index is 384. The monoisotopic (exact) mass is 177 g/mol. The molecule has 0 radical (unpaired) electrons. The lowest BCUT2D eigenvalue weighted by atomic mass is 10.1. The highest BCUT2D eigenvalue weighted by Crippen LogP contribution is 2.27. The highest BCUT2D eigenvalue weighted by atomic mass is 16.6. The fraction of sp³-hybridized carbons (Fsp3) is 0. The fourth-order valence-corrected chi connectivity index (χ4v) is 1.18. The van der Waals surface area contributed by atoms with E-state index in [1.807, 2.05) is 0 Å². The molecule has 2 N–H and O–H groups in total. The second-order valence-electron chi connectivity index (χ2n) is 2.58. The Kier molecular flexibility index (Phi) is 1.66. The molecule has 0 fully saturated rings. The number of fused-ring (bicyclic) bond motifs is 1. The van der Waals surface area contributed by atoms with Crippen LogP contribution in [0.15, 0.2) is 30.5 Å². The standard InChI is InChI=1S/C9H7NO3/c11-9(12)7-5-10-13-8-4-2-1-3-6(7)8/h1-5,10H,(H,11,12). The summed E-state index contributed by atoms with van der Waals surface area (Å²) in [7, 11) is 0. The van der Waals surface area contributed by atoms with Crippen molar-refractivity contribution in [3.8, 4) is 5.75 Å². The topological polar surface area (TPSA) is 58.6 Å². The molecule has 1 aromatic carbocycles. The van der Waals surface area contributed by atoms with E-state index < -0.39 is 5.97 Å².